The van der Waals surface area contributed by atoms with Crippen LogP contribution in [0.4, 0.5) is 0 Å². The lowest BCUT2D eigenvalue weighted by molar-refractivity contribution is 0.0976. The molecule has 2 heterocycles. The van der Waals surface area contributed by atoms with E-state index >= 15 is 0 Å². The molecule has 0 aliphatic carbocycles. The Labute approximate surface area is 149 Å². The molecule has 0 saturated heterocycles. The van der Waals surface area contributed by atoms with Gasteiger partial charge in [-0.3, -0.25) is 9.89 Å². The first-order valence-corrected chi connectivity index (χ1v) is 8.14. The van der Waals surface area contributed by atoms with Gasteiger partial charge in [-0.15, -0.1) is 0 Å². The Morgan fingerprint density at radius 2 is 1.88 bits per heavy atom. The largest absolute Gasteiger partial charge is 0.330 e. The van der Waals surface area contributed by atoms with Gasteiger partial charge in [-0.2, -0.15) is 10.4 Å². The van der Waals surface area contributed by atoms with Crippen LogP contribution in [0, 0.1) is 11.3 Å². The van der Waals surface area contributed by atoms with Crippen molar-refractivity contribution in [1.29, 1.82) is 5.26 Å². The maximum atomic E-state index is 13.1. The van der Waals surface area contributed by atoms with Crippen LogP contribution in [0.2, 0.25) is 0 Å². The Hall–Kier alpha value is -3.72. The first-order valence-electron chi connectivity index (χ1n) is 8.14. The highest BCUT2D eigenvalue weighted by atomic mass is 16.1. The quantitative estimate of drug-likeness (QED) is 0.576. The molecule has 4 rings (SSSR count). The SMILES string of the molecule is Cn1c(C(C#N)C(=O)c2cn[nH]c2-c2ccccc2)nc2ccccc21. The van der Waals surface area contributed by atoms with Gasteiger partial charge in [0, 0.05) is 12.6 Å². The standard InChI is InChI=1S/C20H15N5O/c1-25-17-10-6-5-9-16(17)23-20(25)14(11-21)19(26)15-12-22-24-18(15)13-7-3-2-4-8-13/h2-10,12,14H,1H3,(H,22,24). The van der Waals surface area contributed by atoms with Gasteiger partial charge >= 0.3 is 0 Å². The fraction of sp³-hybridized carbons (Fsp3) is 0.100. The molecule has 0 radical (unpaired) electrons. The molecule has 0 saturated carbocycles. The van der Waals surface area contributed by atoms with Crippen LogP contribution in [-0.2, 0) is 7.05 Å². The van der Waals surface area contributed by atoms with E-state index in [-0.39, 0.29) is 5.78 Å². The number of fused-ring (bicyclic) bond motifs is 1. The third kappa shape index (κ3) is 2.47. The lowest BCUT2D eigenvalue weighted by Gasteiger charge is -2.09. The summed E-state index contributed by atoms with van der Waals surface area (Å²) in [5.41, 5.74) is 3.47. The summed E-state index contributed by atoms with van der Waals surface area (Å²) in [4.78, 5) is 17.6. The van der Waals surface area contributed by atoms with Crippen LogP contribution in [-0.4, -0.2) is 25.5 Å². The highest BCUT2D eigenvalue weighted by Crippen LogP contribution is 2.28. The van der Waals surface area contributed by atoms with E-state index < -0.39 is 5.92 Å². The molecule has 26 heavy (non-hydrogen) atoms. The molecule has 1 unspecified atom stereocenters. The molecule has 2 aromatic heterocycles. The number of hydrogen-bond acceptors (Lipinski definition) is 4. The zero-order chi connectivity index (χ0) is 18.1. The monoisotopic (exact) mass is 341 g/mol. The number of rotatable bonds is 4. The molecule has 126 valence electrons. The summed E-state index contributed by atoms with van der Waals surface area (Å²) in [6.07, 6.45) is 1.47. The number of imidazole rings is 1. The van der Waals surface area contributed by atoms with Gasteiger partial charge in [0.15, 0.2) is 11.7 Å². The van der Waals surface area contributed by atoms with Gasteiger partial charge in [0.05, 0.1) is 34.6 Å². The number of nitrogens with zero attached hydrogens (tertiary/aromatic N) is 4. The fourth-order valence-corrected chi connectivity index (χ4v) is 3.11. The molecule has 0 spiro atoms. The van der Waals surface area contributed by atoms with Crippen molar-refractivity contribution in [3.8, 4) is 17.3 Å². The molecule has 0 bridgehead atoms. The molecule has 1 atom stereocenters. The van der Waals surface area contributed by atoms with Gasteiger partial charge in [0.25, 0.3) is 0 Å². The van der Waals surface area contributed by atoms with E-state index in [1.54, 1.807) is 4.57 Å². The lowest BCUT2D eigenvalue weighted by atomic mass is 9.96. The van der Waals surface area contributed by atoms with E-state index in [9.17, 15) is 10.1 Å². The zero-order valence-corrected chi connectivity index (χ0v) is 14.0. The summed E-state index contributed by atoms with van der Waals surface area (Å²) in [5.74, 6) is -0.898. The fourth-order valence-electron chi connectivity index (χ4n) is 3.11. The van der Waals surface area contributed by atoms with E-state index in [2.05, 4.69) is 21.3 Å². The average Bonchev–Trinajstić information content (AvgIpc) is 3.29. The van der Waals surface area contributed by atoms with Crippen LogP contribution in [0.15, 0.2) is 60.8 Å². The number of Topliss-reactive ketones (excluding diaryl/α,β-unsaturated/α-hetero) is 1. The second kappa shape index (κ2) is 6.30. The maximum Gasteiger partial charge on any atom is 0.191 e. The number of hydrogen-bond donors (Lipinski definition) is 1. The Morgan fingerprint density at radius 1 is 1.15 bits per heavy atom. The first kappa shape index (κ1) is 15.8. The number of ketones is 1. The van der Waals surface area contributed by atoms with Gasteiger partial charge in [0.2, 0.25) is 0 Å². The van der Waals surface area contributed by atoms with E-state index in [0.717, 1.165) is 16.6 Å². The van der Waals surface area contributed by atoms with Crippen LogP contribution >= 0.6 is 0 Å². The summed E-state index contributed by atoms with van der Waals surface area (Å²) in [7, 11) is 1.82. The lowest BCUT2D eigenvalue weighted by Crippen LogP contribution is -2.16. The molecule has 0 aliphatic heterocycles. The summed E-state index contributed by atoms with van der Waals surface area (Å²) in [6.45, 7) is 0. The highest BCUT2D eigenvalue weighted by molar-refractivity contribution is 6.06. The molecule has 0 fully saturated rings. The number of para-hydroxylation sites is 2. The Balaban J connectivity index is 1.79. The van der Waals surface area contributed by atoms with Crippen molar-refractivity contribution in [3.05, 3.63) is 72.2 Å². The van der Waals surface area contributed by atoms with Gasteiger partial charge in [-0.25, -0.2) is 4.98 Å². The average molecular weight is 341 g/mol. The van der Waals surface area contributed by atoms with Crippen LogP contribution in [0.25, 0.3) is 22.3 Å². The van der Waals surface area contributed by atoms with E-state index in [1.165, 1.54) is 6.20 Å². The molecule has 0 aliphatic rings. The van der Waals surface area contributed by atoms with E-state index in [0.29, 0.717) is 17.1 Å². The number of H-pyrrole nitrogens is 1. The van der Waals surface area contributed by atoms with Crippen molar-refractivity contribution in [2.45, 2.75) is 5.92 Å². The van der Waals surface area contributed by atoms with Crippen molar-refractivity contribution in [2.24, 2.45) is 7.05 Å². The van der Waals surface area contributed by atoms with Crippen LogP contribution < -0.4 is 0 Å². The van der Waals surface area contributed by atoms with Crippen molar-refractivity contribution in [1.82, 2.24) is 19.7 Å². The Kier molecular flexibility index (Phi) is 3.82. The van der Waals surface area contributed by atoms with Gasteiger partial charge in [-0.05, 0) is 12.1 Å². The molecule has 6 nitrogen and oxygen atoms in total. The summed E-state index contributed by atoms with van der Waals surface area (Å²) in [5, 5.41) is 16.6. The number of carbonyl (C=O) groups excluding carboxylic acids is 1. The highest BCUT2D eigenvalue weighted by Gasteiger charge is 2.29. The predicted molar refractivity (Wildman–Crippen MR) is 97.4 cm³/mol. The molecule has 4 aromatic rings. The minimum absolute atomic E-state index is 0.321. The van der Waals surface area contributed by atoms with Gasteiger partial charge in [-0.1, -0.05) is 42.5 Å². The number of nitriles is 1. The predicted octanol–water partition coefficient (Wildman–Crippen LogP) is 3.45. The van der Waals surface area contributed by atoms with Crippen molar-refractivity contribution >= 4 is 16.8 Å². The number of aryl methyl sites for hydroxylation is 1. The molecule has 6 heteroatoms. The van der Waals surface area contributed by atoms with Crippen LogP contribution in [0.1, 0.15) is 22.1 Å². The Morgan fingerprint density at radius 3 is 2.62 bits per heavy atom. The minimum Gasteiger partial charge on any atom is -0.330 e. The second-order valence-electron chi connectivity index (χ2n) is 5.97. The van der Waals surface area contributed by atoms with Crippen LogP contribution in [0.3, 0.4) is 0 Å². The molecular formula is C20H15N5O. The van der Waals surface area contributed by atoms with Gasteiger partial charge in [0.1, 0.15) is 5.82 Å². The minimum atomic E-state index is -1.01. The summed E-state index contributed by atoms with van der Waals surface area (Å²) < 4.78 is 1.80. The zero-order valence-electron chi connectivity index (χ0n) is 14.0. The number of aromatic nitrogens is 4. The number of carbonyl (C=O) groups is 1. The van der Waals surface area contributed by atoms with Crippen LogP contribution in [0.5, 0.6) is 0 Å². The summed E-state index contributed by atoms with van der Waals surface area (Å²) in [6, 6.07) is 19.1. The van der Waals surface area contributed by atoms with Gasteiger partial charge < -0.3 is 4.57 Å². The van der Waals surface area contributed by atoms with E-state index in [1.807, 2.05) is 61.6 Å². The smallest absolute Gasteiger partial charge is 0.191 e. The number of benzene rings is 2. The molecule has 2 aromatic carbocycles. The van der Waals surface area contributed by atoms with E-state index in [4.69, 9.17) is 0 Å². The number of nitrogens with one attached hydrogen (secondary N) is 1. The van der Waals surface area contributed by atoms with Crippen molar-refractivity contribution in [2.75, 3.05) is 0 Å². The third-order valence-electron chi connectivity index (χ3n) is 4.44. The second-order valence-corrected chi connectivity index (χ2v) is 5.97. The molecular weight excluding hydrogens is 326 g/mol. The summed E-state index contributed by atoms with van der Waals surface area (Å²) >= 11 is 0. The first-order chi connectivity index (χ1) is 12.7. The van der Waals surface area contributed by atoms with Crippen molar-refractivity contribution in [3.63, 3.8) is 0 Å². The molecule has 1 N–H and O–H groups in total. The van der Waals surface area contributed by atoms with Crippen molar-refractivity contribution < 1.29 is 4.79 Å². The topological polar surface area (TPSA) is 87.4 Å². The number of aromatic amines is 1. The maximum absolute atomic E-state index is 13.1. The normalized spacial score (nSPS) is 12.0. The Bertz CT molecular complexity index is 1130. The molecule has 0 amide bonds. The third-order valence-corrected chi connectivity index (χ3v) is 4.44.